The average Bonchev–Trinajstić information content (AvgIpc) is 3.97. The quantitative estimate of drug-likeness (QED) is 0.0872. The first-order chi connectivity index (χ1) is 30.6. The van der Waals surface area contributed by atoms with E-state index in [1.807, 2.05) is 60.7 Å². The first-order valence-corrected chi connectivity index (χ1v) is 20.7. The fraction of sp³-hybridized carbons (Fsp3) is 0.265. The Hall–Kier alpha value is -7.29. The van der Waals surface area contributed by atoms with Crippen molar-refractivity contribution < 1.29 is 46.9 Å². The zero-order valence-electron chi connectivity index (χ0n) is 35.5. The van der Waals surface area contributed by atoms with E-state index in [1.165, 1.54) is 17.0 Å². The standard InChI is InChI=1S/C49H48F3N5O7/c1-48(2,3)64-46(59)53-28-35-16-10-19-38(24-35)57-41(27-43(55-57)49(50,51)52)45(58)54-37-18-11-17-36(25-37)44(56(47(60)61)29-32-20-21-32)40-26-39(62-30-33-12-6-4-7-13-33)22-23-42(40)63-31-34-14-8-5-9-15-34/h4-19,22-27,32,44H,20-21,28-31H2,1-3H3,(H,53,59)(H,54,58)(H,60,61). The number of alkyl halides is 3. The van der Waals surface area contributed by atoms with Gasteiger partial charge >= 0.3 is 18.4 Å². The van der Waals surface area contributed by atoms with Gasteiger partial charge in [-0.3, -0.25) is 9.69 Å². The lowest BCUT2D eigenvalue weighted by Crippen LogP contribution is -2.36. The molecule has 6 aromatic rings. The monoisotopic (exact) mass is 875 g/mol. The van der Waals surface area contributed by atoms with Crippen LogP contribution >= 0.6 is 0 Å². The lowest BCUT2D eigenvalue weighted by molar-refractivity contribution is -0.141. The third-order valence-corrected chi connectivity index (χ3v) is 10.2. The van der Waals surface area contributed by atoms with Crippen LogP contribution in [0.5, 0.6) is 11.5 Å². The van der Waals surface area contributed by atoms with Crippen LogP contribution in [0, 0.1) is 5.92 Å². The summed E-state index contributed by atoms with van der Waals surface area (Å²) in [7, 11) is 0. The van der Waals surface area contributed by atoms with Gasteiger partial charge in [-0.2, -0.15) is 18.3 Å². The molecule has 0 aliphatic heterocycles. The number of alkyl carbamates (subject to hydrolysis) is 1. The Bertz CT molecular complexity index is 2570. The third kappa shape index (κ3) is 12.0. The van der Waals surface area contributed by atoms with Gasteiger partial charge in [0.15, 0.2) is 5.69 Å². The van der Waals surface area contributed by atoms with Gasteiger partial charge in [-0.1, -0.05) is 84.9 Å². The normalized spacial score (nSPS) is 13.1. The summed E-state index contributed by atoms with van der Waals surface area (Å²) in [5.74, 6) is 0.104. The van der Waals surface area contributed by atoms with Crippen molar-refractivity contribution in [3.63, 3.8) is 0 Å². The minimum Gasteiger partial charge on any atom is -0.489 e. The molecule has 1 unspecified atom stereocenters. The average molecular weight is 876 g/mol. The Morgan fingerprint density at radius 3 is 2.09 bits per heavy atom. The molecule has 332 valence electrons. The van der Waals surface area contributed by atoms with Crippen molar-refractivity contribution >= 4 is 23.8 Å². The fourth-order valence-corrected chi connectivity index (χ4v) is 6.98. The highest BCUT2D eigenvalue weighted by molar-refractivity contribution is 6.03. The van der Waals surface area contributed by atoms with E-state index >= 15 is 0 Å². The minimum atomic E-state index is -4.88. The number of hydrogen-bond acceptors (Lipinski definition) is 7. The first kappa shape index (κ1) is 44.8. The number of halogens is 3. The molecule has 0 radical (unpaired) electrons. The van der Waals surface area contributed by atoms with Crippen molar-refractivity contribution in [3.05, 3.63) is 173 Å². The number of benzene rings is 5. The molecule has 64 heavy (non-hydrogen) atoms. The van der Waals surface area contributed by atoms with Gasteiger partial charge in [-0.25, -0.2) is 14.3 Å². The van der Waals surface area contributed by atoms with Crippen LogP contribution in [0.1, 0.15) is 83.7 Å². The number of hydrogen-bond donors (Lipinski definition) is 3. The maximum absolute atomic E-state index is 14.2. The van der Waals surface area contributed by atoms with E-state index in [0.29, 0.717) is 34.3 Å². The van der Waals surface area contributed by atoms with Crippen molar-refractivity contribution in [3.8, 4) is 17.2 Å². The largest absolute Gasteiger partial charge is 0.489 e. The summed E-state index contributed by atoms with van der Waals surface area (Å²) in [6, 6.07) is 36.8. The number of carboxylic acid groups (broad SMARTS) is 1. The molecular formula is C49H48F3N5O7. The molecule has 0 saturated heterocycles. The molecule has 5 aromatic carbocycles. The molecule has 0 spiro atoms. The zero-order valence-corrected chi connectivity index (χ0v) is 35.5. The topological polar surface area (TPSA) is 144 Å². The van der Waals surface area contributed by atoms with Gasteiger partial charge in [-0.15, -0.1) is 0 Å². The number of nitrogens with one attached hydrogen (secondary N) is 2. The van der Waals surface area contributed by atoms with Gasteiger partial charge in [-0.05, 0) is 104 Å². The predicted octanol–water partition coefficient (Wildman–Crippen LogP) is 10.8. The van der Waals surface area contributed by atoms with Gasteiger partial charge in [0.1, 0.15) is 36.0 Å². The maximum atomic E-state index is 14.2. The molecule has 3 N–H and O–H groups in total. The zero-order chi connectivity index (χ0) is 45.4. The summed E-state index contributed by atoms with van der Waals surface area (Å²) >= 11 is 0. The van der Waals surface area contributed by atoms with Crippen LogP contribution in [0.25, 0.3) is 5.69 Å². The van der Waals surface area contributed by atoms with Crippen molar-refractivity contribution in [1.82, 2.24) is 20.0 Å². The molecule has 15 heteroatoms. The van der Waals surface area contributed by atoms with Crippen LogP contribution in [0.4, 0.5) is 28.4 Å². The number of aromatic nitrogens is 2. The van der Waals surface area contributed by atoms with Gasteiger partial charge in [0.25, 0.3) is 5.91 Å². The molecule has 1 saturated carbocycles. The number of carbonyl (C=O) groups excluding carboxylic acids is 2. The lowest BCUT2D eigenvalue weighted by atomic mass is 9.95. The van der Waals surface area contributed by atoms with E-state index in [2.05, 4.69) is 15.7 Å². The molecule has 1 aromatic heterocycles. The van der Waals surface area contributed by atoms with Crippen molar-refractivity contribution in [2.75, 3.05) is 11.9 Å². The van der Waals surface area contributed by atoms with E-state index in [9.17, 15) is 32.7 Å². The predicted molar refractivity (Wildman–Crippen MR) is 233 cm³/mol. The van der Waals surface area contributed by atoms with Crippen LogP contribution in [-0.4, -0.2) is 50.0 Å². The van der Waals surface area contributed by atoms with Crippen molar-refractivity contribution in [2.45, 2.75) is 71.2 Å². The molecule has 12 nitrogen and oxygen atoms in total. The molecular weight excluding hydrogens is 828 g/mol. The number of rotatable bonds is 16. The minimum absolute atomic E-state index is 0.0131. The molecule has 1 aliphatic rings. The van der Waals surface area contributed by atoms with Crippen LogP contribution in [-0.2, 0) is 30.7 Å². The molecule has 0 bridgehead atoms. The van der Waals surface area contributed by atoms with E-state index in [0.717, 1.165) is 28.7 Å². The SMILES string of the molecule is CC(C)(C)OC(=O)NCc1cccc(-n2nc(C(F)(F)F)cc2C(=O)Nc2cccc(C(c3cc(OCc4ccccc4)ccc3OCc3ccccc3)N(CC3CC3)C(=O)O)c2)c1. The van der Waals surface area contributed by atoms with Crippen LogP contribution < -0.4 is 20.1 Å². The number of carbonyl (C=O) groups is 3. The van der Waals surface area contributed by atoms with Gasteiger partial charge < -0.3 is 30.0 Å². The van der Waals surface area contributed by atoms with Crippen LogP contribution in [0.3, 0.4) is 0 Å². The highest BCUT2D eigenvalue weighted by atomic mass is 19.4. The molecule has 1 heterocycles. The molecule has 1 aliphatic carbocycles. The summed E-state index contributed by atoms with van der Waals surface area (Å²) in [5, 5.41) is 19.9. The van der Waals surface area contributed by atoms with Crippen LogP contribution in [0.2, 0.25) is 0 Å². The summed E-state index contributed by atoms with van der Waals surface area (Å²) in [6.07, 6.45) is -5.02. The lowest BCUT2D eigenvalue weighted by Gasteiger charge is -2.32. The highest BCUT2D eigenvalue weighted by Crippen LogP contribution is 2.41. The molecule has 1 fully saturated rings. The first-order valence-electron chi connectivity index (χ1n) is 20.7. The summed E-state index contributed by atoms with van der Waals surface area (Å²) < 4.78 is 61.3. The summed E-state index contributed by atoms with van der Waals surface area (Å²) in [5.41, 5.74) is 1.13. The van der Waals surface area contributed by atoms with Gasteiger partial charge in [0.2, 0.25) is 0 Å². The van der Waals surface area contributed by atoms with Crippen LogP contribution in [0.15, 0.2) is 133 Å². The van der Waals surface area contributed by atoms with E-state index in [-0.39, 0.29) is 43.6 Å². The Morgan fingerprint density at radius 1 is 0.797 bits per heavy atom. The molecule has 7 rings (SSSR count). The smallest absolute Gasteiger partial charge is 0.435 e. The highest BCUT2D eigenvalue weighted by Gasteiger charge is 2.37. The summed E-state index contributed by atoms with van der Waals surface area (Å²) in [4.78, 5) is 41.0. The number of amides is 3. The number of anilines is 1. The van der Waals surface area contributed by atoms with Crippen molar-refractivity contribution in [1.29, 1.82) is 0 Å². The second-order valence-electron chi connectivity index (χ2n) is 16.5. The maximum Gasteiger partial charge on any atom is 0.435 e. The Labute approximate surface area is 368 Å². The molecule has 1 atom stereocenters. The third-order valence-electron chi connectivity index (χ3n) is 10.2. The van der Waals surface area contributed by atoms with Crippen molar-refractivity contribution in [2.24, 2.45) is 5.92 Å². The second kappa shape index (κ2) is 19.4. The Balaban J connectivity index is 1.23. The fourth-order valence-electron chi connectivity index (χ4n) is 6.98. The summed E-state index contributed by atoms with van der Waals surface area (Å²) in [6.45, 7) is 5.79. The van der Waals surface area contributed by atoms with E-state index < -0.39 is 47.3 Å². The Morgan fingerprint density at radius 2 is 1.45 bits per heavy atom. The molecule has 3 amide bonds. The number of ether oxygens (including phenoxy) is 3. The van der Waals surface area contributed by atoms with E-state index in [1.54, 1.807) is 75.4 Å². The van der Waals surface area contributed by atoms with Gasteiger partial charge in [0, 0.05) is 30.4 Å². The van der Waals surface area contributed by atoms with E-state index in [4.69, 9.17) is 14.2 Å². The number of nitrogens with zero attached hydrogens (tertiary/aromatic N) is 3. The Kier molecular flexibility index (Phi) is 13.6. The van der Waals surface area contributed by atoms with Gasteiger partial charge in [0.05, 0.1) is 11.7 Å². The second-order valence-corrected chi connectivity index (χ2v) is 16.5.